The van der Waals surface area contributed by atoms with Gasteiger partial charge in [-0.05, 0) is 30.0 Å². The minimum absolute atomic E-state index is 0.166. The number of carbonyl (C=O) groups excluding carboxylic acids is 1. The molecule has 0 aliphatic heterocycles. The fourth-order valence-electron chi connectivity index (χ4n) is 3.56. The van der Waals surface area contributed by atoms with Gasteiger partial charge in [-0.2, -0.15) is 0 Å². The van der Waals surface area contributed by atoms with E-state index in [2.05, 4.69) is 63.0 Å². The summed E-state index contributed by atoms with van der Waals surface area (Å²) < 4.78 is 4.93. The van der Waals surface area contributed by atoms with Gasteiger partial charge in [-0.15, -0.1) is 0 Å². The zero-order valence-corrected chi connectivity index (χ0v) is 15.5. The standard InChI is InChI=1S/C22H25NO2/c1-14(2)22(4,16-11-9-15(3)10-12-16)19-13-23-20-17(19)7-6-8-18(20)21(24)25-5/h6-14,23H,1-5H3. The molecule has 0 bridgehead atoms. The van der Waals surface area contributed by atoms with Gasteiger partial charge in [0.2, 0.25) is 0 Å². The van der Waals surface area contributed by atoms with Gasteiger partial charge in [0.1, 0.15) is 0 Å². The van der Waals surface area contributed by atoms with Crippen LogP contribution in [0, 0.1) is 12.8 Å². The number of aromatic nitrogens is 1. The number of esters is 1. The number of hydrogen-bond donors (Lipinski definition) is 1. The summed E-state index contributed by atoms with van der Waals surface area (Å²) in [6.07, 6.45) is 2.04. The van der Waals surface area contributed by atoms with Crippen LogP contribution in [0.15, 0.2) is 48.7 Å². The maximum atomic E-state index is 12.1. The number of carbonyl (C=O) groups is 1. The Bertz CT molecular complexity index is 905. The van der Waals surface area contributed by atoms with Crippen LogP contribution in [0.2, 0.25) is 0 Å². The highest BCUT2D eigenvalue weighted by atomic mass is 16.5. The Balaban J connectivity index is 2.25. The molecule has 1 aromatic heterocycles. The van der Waals surface area contributed by atoms with Crippen LogP contribution in [-0.2, 0) is 10.2 Å². The molecular weight excluding hydrogens is 310 g/mol. The maximum absolute atomic E-state index is 12.1. The van der Waals surface area contributed by atoms with Gasteiger partial charge in [-0.3, -0.25) is 0 Å². The number of hydrogen-bond acceptors (Lipinski definition) is 2. The van der Waals surface area contributed by atoms with Crippen LogP contribution >= 0.6 is 0 Å². The molecule has 0 fully saturated rings. The molecule has 3 nitrogen and oxygen atoms in total. The zero-order chi connectivity index (χ0) is 18.2. The first-order valence-electron chi connectivity index (χ1n) is 8.65. The topological polar surface area (TPSA) is 42.1 Å². The van der Waals surface area contributed by atoms with Crippen LogP contribution in [0.1, 0.15) is 47.8 Å². The highest BCUT2D eigenvalue weighted by Gasteiger charge is 2.35. The first kappa shape index (κ1) is 17.3. The summed E-state index contributed by atoms with van der Waals surface area (Å²) in [7, 11) is 1.41. The third-order valence-corrected chi connectivity index (χ3v) is 5.49. The predicted octanol–water partition coefficient (Wildman–Crippen LogP) is 5.22. The molecule has 1 N–H and O–H groups in total. The van der Waals surface area contributed by atoms with Gasteiger partial charge in [0.15, 0.2) is 0 Å². The molecule has 0 radical (unpaired) electrons. The lowest BCUT2D eigenvalue weighted by Crippen LogP contribution is -2.29. The van der Waals surface area contributed by atoms with Gasteiger partial charge in [0.05, 0.1) is 18.2 Å². The largest absolute Gasteiger partial charge is 0.465 e. The summed E-state index contributed by atoms with van der Waals surface area (Å²) in [6.45, 7) is 8.85. The summed E-state index contributed by atoms with van der Waals surface area (Å²) in [4.78, 5) is 15.4. The fraction of sp³-hybridized carbons (Fsp3) is 0.318. The van der Waals surface area contributed by atoms with Crippen molar-refractivity contribution in [2.24, 2.45) is 5.92 Å². The van der Waals surface area contributed by atoms with Crippen molar-refractivity contribution in [2.45, 2.75) is 33.1 Å². The van der Waals surface area contributed by atoms with E-state index < -0.39 is 0 Å². The van der Waals surface area contributed by atoms with Crippen molar-refractivity contribution in [1.82, 2.24) is 4.98 Å². The minimum atomic E-state index is -0.319. The number of H-pyrrole nitrogens is 1. The molecule has 1 atom stereocenters. The number of rotatable bonds is 4. The number of benzene rings is 2. The van der Waals surface area contributed by atoms with Crippen LogP contribution in [0.25, 0.3) is 10.9 Å². The lowest BCUT2D eigenvalue weighted by atomic mass is 9.68. The van der Waals surface area contributed by atoms with E-state index in [-0.39, 0.29) is 11.4 Å². The van der Waals surface area contributed by atoms with Crippen LogP contribution in [0.5, 0.6) is 0 Å². The second-order valence-electron chi connectivity index (χ2n) is 7.15. The second-order valence-corrected chi connectivity index (χ2v) is 7.15. The highest BCUT2D eigenvalue weighted by molar-refractivity contribution is 6.04. The fourth-order valence-corrected chi connectivity index (χ4v) is 3.56. The van der Waals surface area contributed by atoms with Gasteiger partial charge in [-0.25, -0.2) is 4.79 Å². The van der Waals surface area contributed by atoms with Crippen molar-refractivity contribution in [3.05, 3.63) is 70.9 Å². The molecule has 0 amide bonds. The van der Waals surface area contributed by atoms with Crippen molar-refractivity contribution < 1.29 is 9.53 Å². The summed E-state index contributed by atoms with van der Waals surface area (Å²) >= 11 is 0. The van der Waals surface area contributed by atoms with Crippen molar-refractivity contribution in [3.8, 4) is 0 Å². The highest BCUT2D eigenvalue weighted by Crippen LogP contribution is 2.42. The molecule has 130 valence electrons. The Hall–Kier alpha value is -2.55. The van der Waals surface area contributed by atoms with E-state index in [9.17, 15) is 4.79 Å². The van der Waals surface area contributed by atoms with E-state index in [0.717, 1.165) is 10.9 Å². The van der Waals surface area contributed by atoms with E-state index in [0.29, 0.717) is 11.5 Å². The summed E-state index contributed by atoms with van der Waals surface area (Å²) in [5.74, 6) is 0.0663. The molecule has 1 unspecified atom stereocenters. The molecule has 3 rings (SSSR count). The van der Waals surface area contributed by atoms with Gasteiger partial charge in [0.25, 0.3) is 0 Å². The van der Waals surface area contributed by atoms with Crippen LogP contribution < -0.4 is 0 Å². The molecule has 25 heavy (non-hydrogen) atoms. The Labute approximate surface area is 149 Å². The first-order valence-corrected chi connectivity index (χ1v) is 8.65. The van der Waals surface area contributed by atoms with E-state index in [4.69, 9.17) is 4.74 Å². The Morgan fingerprint density at radius 1 is 1.12 bits per heavy atom. The molecule has 2 aromatic carbocycles. The number of nitrogens with one attached hydrogen (secondary N) is 1. The Morgan fingerprint density at radius 2 is 1.80 bits per heavy atom. The average Bonchev–Trinajstić information content (AvgIpc) is 3.05. The minimum Gasteiger partial charge on any atom is -0.465 e. The lowest BCUT2D eigenvalue weighted by molar-refractivity contribution is 0.0603. The molecule has 0 spiro atoms. The monoisotopic (exact) mass is 335 g/mol. The van der Waals surface area contributed by atoms with Gasteiger partial charge >= 0.3 is 5.97 Å². The van der Waals surface area contributed by atoms with Crippen LogP contribution in [0.3, 0.4) is 0 Å². The molecule has 3 heteroatoms. The predicted molar refractivity (Wildman–Crippen MR) is 102 cm³/mol. The van der Waals surface area contributed by atoms with E-state index >= 15 is 0 Å². The zero-order valence-electron chi connectivity index (χ0n) is 15.5. The lowest BCUT2D eigenvalue weighted by Gasteiger charge is -2.35. The smallest absolute Gasteiger partial charge is 0.339 e. The molecule has 0 aliphatic carbocycles. The van der Waals surface area contributed by atoms with E-state index in [1.54, 1.807) is 6.07 Å². The SMILES string of the molecule is COC(=O)c1cccc2c(C(C)(c3ccc(C)cc3)C(C)C)c[nH]c12. The quantitative estimate of drug-likeness (QED) is 0.664. The summed E-state index contributed by atoms with van der Waals surface area (Å²) in [5, 5.41) is 1.07. The van der Waals surface area contributed by atoms with Crippen LogP contribution in [0.4, 0.5) is 0 Å². The Morgan fingerprint density at radius 3 is 2.40 bits per heavy atom. The average molecular weight is 335 g/mol. The van der Waals surface area contributed by atoms with Crippen molar-refractivity contribution >= 4 is 16.9 Å². The number of methoxy groups -OCH3 is 1. The molecule has 3 aromatic rings. The normalized spacial score (nSPS) is 13.8. The number of fused-ring (bicyclic) bond motifs is 1. The van der Waals surface area contributed by atoms with Gasteiger partial charge < -0.3 is 9.72 Å². The van der Waals surface area contributed by atoms with Gasteiger partial charge in [-0.1, -0.05) is 62.7 Å². The molecule has 0 aliphatic rings. The second kappa shape index (κ2) is 6.40. The van der Waals surface area contributed by atoms with Crippen molar-refractivity contribution in [1.29, 1.82) is 0 Å². The summed E-state index contributed by atoms with van der Waals surface area (Å²) in [6, 6.07) is 14.5. The van der Waals surface area contributed by atoms with Crippen molar-refractivity contribution in [2.75, 3.05) is 7.11 Å². The van der Waals surface area contributed by atoms with E-state index in [1.165, 1.54) is 23.8 Å². The molecule has 0 saturated heterocycles. The number of aryl methyl sites for hydroxylation is 1. The van der Waals surface area contributed by atoms with Crippen molar-refractivity contribution in [3.63, 3.8) is 0 Å². The number of ether oxygens (including phenoxy) is 1. The third-order valence-electron chi connectivity index (χ3n) is 5.49. The third kappa shape index (κ3) is 2.74. The number of para-hydroxylation sites is 1. The Kier molecular flexibility index (Phi) is 4.42. The van der Waals surface area contributed by atoms with E-state index in [1.807, 2.05) is 12.3 Å². The maximum Gasteiger partial charge on any atom is 0.339 e. The number of aromatic amines is 1. The first-order chi connectivity index (χ1) is 11.9. The molecule has 0 saturated carbocycles. The van der Waals surface area contributed by atoms with Crippen LogP contribution in [-0.4, -0.2) is 18.1 Å². The molecular formula is C22H25NO2. The van der Waals surface area contributed by atoms with Gasteiger partial charge in [0, 0.05) is 17.0 Å². The molecule has 1 heterocycles. The summed E-state index contributed by atoms with van der Waals surface area (Å²) in [5.41, 5.74) is 4.97.